The molecule has 21 heavy (non-hydrogen) atoms. The summed E-state index contributed by atoms with van der Waals surface area (Å²) in [7, 11) is 0. The van der Waals surface area contributed by atoms with Crippen LogP contribution >= 0.6 is 0 Å². The van der Waals surface area contributed by atoms with Crippen LogP contribution in [0, 0.1) is 5.92 Å². The molecule has 2 amide bonds. The topological polar surface area (TPSA) is 49.4 Å². The highest BCUT2D eigenvalue weighted by Gasteiger charge is 2.34. The number of amides is 2. The summed E-state index contributed by atoms with van der Waals surface area (Å²) in [5.41, 5.74) is 1.05. The van der Waals surface area contributed by atoms with Crippen LogP contribution in [0.1, 0.15) is 54.3 Å². The highest BCUT2D eigenvalue weighted by atomic mass is 16.2. The van der Waals surface area contributed by atoms with E-state index in [-0.39, 0.29) is 11.8 Å². The SMILES string of the molecule is CC(C)CCC(C)NCCN1C(=O)c2ccccc2C1=O. The fourth-order valence-electron chi connectivity index (χ4n) is 2.55. The monoisotopic (exact) mass is 288 g/mol. The van der Waals surface area contributed by atoms with Crippen LogP contribution < -0.4 is 5.32 Å². The first-order valence-electron chi connectivity index (χ1n) is 7.69. The van der Waals surface area contributed by atoms with Crippen molar-refractivity contribution >= 4 is 11.8 Å². The van der Waals surface area contributed by atoms with Gasteiger partial charge in [-0.1, -0.05) is 26.0 Å². The Kier molecular flexibility index (Phi) is 5.12. The molecular weight excluding hydrogens is 264 g/mol. The standard InChI is InChI=1S/C17H24N2O2/c1-12(2)8-9-13(3)18-10-11-19-16(20)14-6-4-5-7-15(14)17(19)21/h4-7,12-13,18H,8-11H2,1-3H3. The van der Waals surface area contributed by atoms with Crippen LogP contribution in [0.2, 0.25) is 0 Å². The van der Waals surface area contributed by atoms with Gasteiger partial charge >= 0.3 is 0 Å². The van der Waals surface area contributed by atoms with E-state index >= 15 is 0 Å². The summed E-state index contributed by atoms with van der Waals surface area (Å²) < 4.78 is 0. The summed E-state index contributed by atoms with van der Waals surface area (Å²) in [6, 6.07) is 7.42. The number of imide groups is 1. The normalized spacial score (nSPS) is 15.7. The van der Waals surface area contributed by atoms with Crippen LogP contribution in [-0.2, 0) is 0 Å². The van der Waals surface area contributed by atoms with E-state index in [1.165, 1.54) is 11.3 Å². The van der Waals surface area contributed by atoms with E-state index in [4.69, 9.17) is 0 Å². The lowest BCUT2D eigenvalue weighted by Gasteiger charge is -2.18. The zero-order valence-corrected chi connectivity index (χ0v) is 13.1. The molecule has 1 heterocycles. The number of rotatable bonds is 7. The maximum Gasteiger partial charge on any atom is 0.261 e. The fraction of sp³-hybridized carbons (Fsp3) is 0.529. The molecule has 1 atom stereocenters. The number of nitrogens with zero attached hydrogens (tertiary/aromatic N) is 1. The Balaban J connectivity index is 1.83. The van der Waals surface area contributed by atoms with Gasteiger partial charge in [0, 0.05) is 19.1 Å². The molecule has 0 aliphatic carbocycles. The van der Waals surface area contributed by atoms with E-state index in [1.807, 2.05) is 0 Å². The molecule has 1 N–H and O–H groups in total. The van der Waals surface area contributed by atoms with Gasteiger partial charge in [0.2, 0.25) is 0 Å². The third-order valence-electron chi connectivity index (χ3n) is 3.88. The number of benzene rings is 1. The zero-order chi connectivity index (χ0) is 15.4. The summed E-state index contributed by atoms with van der Waals surface area (Å²) >= 11 is 0. The second kappa shape index (κ2) is 6.85. The van der Waals surface area contributed by atoms with Crippen molar-refractivity contribution in [3.63, 3.8) is 0 Å². The molecule has 0 aromatic heterocycles. The molecule has 0 spiro atoms. The predicted octanol–water partition coefficient (Wildman–Crippen LogP) is 2.70. The Labute approximate surface area is 126 Å². The summed E-state index contributed by atoms with van der Waals surface area (Å²) in [5.74, 6) is 0.352. The maximum absolute atomic E-state index is 12.2. The molecule has 1 unspecified atom stereocenters. The van der Waals surface area contributed by atoms with Crippen LogP contribution in [0.15, 0.2) is 24.3 Å². The van der Waals surface area contributed by atoms with Crippen molar-refractivity contribution in [2.45, 2.75) is 39.7 Å². The van der Waals surface area contributed by atoms with E-state index in [9.17, 15) is 9.59 Å². The van der Waals surface area contributed by atoms with Gasteiger partial charge in [-0.25, -0.2) is 0 Å². The predicted molar refractivity (Wildman–Crippen MR) is 83.3 cm³/mol. The van der Waals surface area contributed by atoms with Crippen LogP contribution in [0.25, 0.3) is 0 Å². The molecule has 4 heteroatoms. The van der Waals surface area contributed by atoms with Gasteiger partial charge in [0.1, 0.15) is 0 Å². The minimum Gasteiger partial charge on any atom is -0.312 e. The molecule has 0 saturated heterocycles. The van der Waals surface area contributed by atoms with Gasteiger partial charge in [-0.15, -0.1) is 0 Å². The Morgan fingerprint density at radius 3 is 2.10 bits per heavy atom. The second-order valence-electron chi connectivity index (χ2n) is 6.13. The fourth-order valence-corrected chi connectivity index (χ4v) is 2.55. The lowest BCUT2D eigenvalue weighted by molar-refractivity contribution is 0.0654. The minimum atomic E-state index is -0.174. The highest BCUT2D eigenvalue weighted by molar-refractivity contribution is 6.21. The van der Waals surface area contributed by atoms with Gasteiger partial charge in [0.25, 0.3) is 11.8 Å². The number of carbonyl (C=O) groups excluding carboxylic acids is 2. The van der Waals surface area contributed by atoms with Crippen molar-refractivity contribution in [2.24, 2.45) is 5.92 Å². The molecule has 1 aromatic rings. The third-order valence-corrected chi connectivity index (χ3v) is 3.88. The van der Waals surface area contributed by atoms with Crippen LogP contribution in [0.4, 0.5) is 0 Å². The van der Waals surface area contributed by atoms with Crippen molar-refractivity contribution in [3.05, 3.63) is 35.4 Å². The summed E-state index contributed by atoms with van der Waals surface area (Å²) in [6.07, 6.45) is 2.29. The number of carbonyl (C=O) groups is 2. The molecule has 1 aliphatic rings. The largest absolute Gasteiger partial charge is 0.312 e. The molecule has 1 aliphatic heterocycles. The molecule has 114 valence electrons. The summed E-state index contributed by atoms with van der Waals surface area (Å²) in [5, 5.41) is 3.39. The average molecular weight is 288 g/mol. The van der Waals surface area contributed by atoms with Crippen LogP contribution in [0.5, 0.6) is 0 Å². The Hall–Kier alpha value is -1.68. The van der Waals surface area contributed by atoms with Crippen molar-refractivity contribution in [3.8, 4) is 0 Å². The van der Waals surface area contributed by atoms with Gasteiger partial charge in [0.05, 0.1) is 11.1 Å². The molecule has 4 nitrogen and oxygen atoms in total. The highest BCUT2D eigenvalue weighted by Crippen LogP contribution is 2.21. The molecule has 0 radical (unpaired) electrons. The lowest BCUT2D eigenvalue weighted by atomic mass is 10.0. The minimum absolute atomic E-state index is 0.174. The first-order valence-corrected chi connectivity index (χ1v) is 7.69. The van der Waals surface area contributed by atoms with Gasteiger partial charge in [0.15, 0.2) is 0 Å². The van der Waals surface area contributed by atoms with Crippen molar-refractivity contribution in [1.82, 2.24) is 10.2 Å². The van der Waals surface area contributed by atoms with E-state index in [2.05, 4.69) is 26.1 Å². The van der Waals surface area contributed by atoms with E-state index in [0.717, 1.165) is 6.42 Å². The summed E-state index contributed by atoms with van der Waals surface area (Å²) in [6.45, 7) is 7.64. The van der Waals surface area contributed by atoms with E-state index in [1.54, 1.807) is 24.3 Å². The lowest BCUT2D eigenvalue weighted by Crippen LogP contribution is -2.38. The Bertz CT molecular complexity index is 490. The quantitative estimate of drug-likeness (QED) is 0.785. The molecule has 0 saturated carbocycles. The number of nitrogens with one attached hydrogen (secondary N) is 1. The Morgan fingerprint density at radius 2 is 1.57 bits per heavy atom. The molecule has 2 rings (SSSR count). The molecule has 0 fully saturated rings. The third kappa shape index (κ3) is 3.70. The van der Waals surface area contributed by atoms with Gasteiger partial charge in [-0.2, -0.15) is 0 Å². The van der Waals surface area contributed by atoms with Gasteiger partial charge < -0.3 is 5.32 Å². The number of hydrogen-bond donors (Lipinski definition) is 1. The molecular formula is C17H24N2O2. The first-order chi connectivity index (χ1) is 10.0. The summed E-state index contributed by atoms with van der Waals surface area (Å²) in [4.78, 5) is 25.7. The van der Waals surface area contributed by atoms with E-state index < -0.39 is 0 Å². The molecule has 0 bridgehead atoms. The van der Waals surface area contributed by atoms with Crippen molar-refractivity contribution in [1.29, 1.82) is 0 Å². The zero-order valence-electron chi connectivity index (χ0n) is 13.1. The van der Waals surface area contributed by atoms with Crippen molar-refractivity contribution < 1.29 is 9.59 Å². The van der Waals surface area contributed by atoms with Gasteiger partial charge in [-0.05, 0) is 37.8 Å². The van der Waals surface area contributed by atoms with Crippen molar-refractivity contribution in [2.75, 3.05) is 13.1 Å². The van der Waals surface area contributed by atoms with Crippen LogP contribution in [-0.4, -0.2) is 35.8 Å². The maximum atomic E-state index is 12.2. The molecule has 1 aromatic carbocycles. The number of hydrogen-bond acceptors (Lipinski definition) is 3. The van der Waals surface area contributed by atoms with Gasteiger partial charge in [-0.3, -0.25) is 14.5 Å². The second-order valence-corrected chi connectivity index (χ2v) is 6.13. The average Bonchev–Trinajstić information content (AvgIpc) is 2.70. The Morgan fingerprint density at radius 1 is 1.00 bits per heavy atom. The van der Waals surface area contributed by atoms with Crippen LogP contribution in [0.3, 0.4) is 0 Å². The number of fused-ring (bicyclic) bond motifs is 1. The first kappa shape index (κ1) is 15.7. The van der Waals surface area contributed by atoms with E-state index in [0.29, 0.717) is 36.2 Å². The smallest absolute Gasteiger partial charge is 0.261 e.